The van der Waals surface area contributed by atoms with E-state index in [0.717, 1.165) is 37.0 Å². The average Bonchev–Trinajstić information content (AvgIpc) is 3.49. The van der Waals surface area contributed by atoms with Crippen molar-refractivity contribution in [2.24, 2.45) is 5.92 Å². The van der Waals surface area contributed by atoms with Gasteiger partial charge in [0.25, 0.3) is 11.8 Å². The maximum atomic E-state index is 12.7. The Morgan fingerprint density at radius 1 is 1.04 bits per heavy atom. The van der Waals surface area contributed by atoms with Gasteiger partial charge in [0.1, 0.15) is 6.54 Å². The number of benzene rings is 1. The molecule has 2 heterocycles. The number of imide groups is 1. The predicted molar refractivity (Wildman–Crippen MR) is 102 cm³/mol. The zero-order valence-electron chi connectivity index (χ0n) is 15.9. The van der Waals surface area contributed by atoms with Gasteiger partial charge in [-0.1, -0.05) is 12.1 Å². The standard InChI is InChI=1S/C21H25N3O4/c25-18(22-15-8-9-15)10-7-14-4-3-11-23(12-14)19(26)13-24-20(27)16-5-1-2-6-17(16)21(24)28/h1-2,5-6,14-15H,3-4,7-13H2,(H,22,25). The largest absolute Gasteiger partial charge is 0.353 e. The first kappa shape index (κ1) is 18.7. The fourth-order valence-electron chi connectivity index (χ4n) is 4.01. The van der Waals surface area contributed by atoms with Crippen LogP contribution < -0.4 is 5.32 Å². The minimum atomic E-state index is -0.403. The highest BCUT2D eigenvalue weighted by atomic mass is 16.2. The molecule has 7 nitrogen and oxygen atoms in total. The molecule has 1 atom stereocenters. The van der Waals surface area contributed by atoms with Crippen molar-refractivity contribution in [2.45, 2.75) is 44.6 Å². The number of fused-ring (bicyclic) bond motifs is 1. The lowest BCUT2D eigenvalue weighted by atomic mass is 9.93. The number of piperidine rings is 1. The van der Waals surface area contributed by atoms with Gasteiger partial charge in [0.2, 0.25) is 11.8 Å². The Kier molecular flexibility index (Phi) is 5.15. The van der Waals surface area contributed by atoms with E-state index >= 15 is 0 Å². The molecule has 7 heteroatoms. The SMILES string of the molecule is O=C(CCC1CCCN(C(=O)CN2C(=O)c3ccccc3C2=O)C1)NC1CC1. The summed E-state index contributed by atoms with van der Waals surface area (Å²) >= 11 is 0. The number of nitrogens with zero attached hydrogens (tertiary/aromatic N) is 2. The van der Waals surface area contributed by atoms with E-state index in [1.54, 1.807) is 29.2 Å². The van der Waals surface area contributed by atoms with Crippen molar-refractivity contribution in [3.8, 4) is 0 Å². The normalized spacial score (nSPS) is 21.6. The van der Waals surface area contributed by atoms with E-state index in [-0.39, 0.29) is 24.3 Å². The zero-order chi connectivity index (χ0) is 19.7. The van der Waals surface area contributed by atoms with Gasteiger partial charge in [-0.2, -0.15) is 0 Å². The van der Waals surface area contributed by atoms with Gasteiger partial charge in [-0.15, -0.1) is 0 Å². The Balaban J connectivity index is 1.30. The molecule has 28 heavy (non-hydrogen) atoms. The third kappa shape index (κ3) is 3.93. The first-order chi connectivity index (χ1) is 13.5. The summed E-state index contributed by atoms with van der Waals surface area (Å²) in [5.74, 6) is -0.637. The fourth-order valence-corrected chi connectivity index (χ4v) is 4.01. The van der Waals surface area contributed by atoms with E-state index in [2.05, 4.69) is 5.32 Å². The van der Waals surface area contributed by atoms with Crippen LogP contribution >= 0.6 is 0 Å². The van der Waals surface area contributed by atoms with E-state index in [9.17, 15) is 19.2 Å². The first-order valence-electron chi connectivity index (χ1n) is 10.1. The molecule has 1 aliphatic carbocycles. The highest BCUT2D eigenvalue weighted by Crippen LogP contribution is 2.25. The molecule has 1 saturated heterocycles. The minimum Gasteiger partial charge on any atom is -0.353 e. The summed E-state index contributed by atoms with van der Waals surface area (Å²) in [7, 11) is 0. The average molecular weight is 383 g/mol. The molecule has 1 unspecified atom stereocenters. The summed E-state index contributed by atoms with van der Waals surface area (Å²) in [6, 6.07) is 7.03. The molecule has 4 rings (SSSR count). The van der Waals surface area contributed by atoms with Crippen molar-refractivity contribution in [2.75, 3.05) is 19.6 Å². The van der Waals surface area contributed by atoms with Gasteiger partial charge in [0.05, 0.1) is 11.1 Å². The van der Waals surface area contributed by atoms with Crippen molar-refractivity contribution in [3.05, 3.63) is 35.4 Å². The predicted octanol–water partition coefficient (Wildman–Crippen LogP) is 1.58. The summed E-state index contributed by atoms with van der Waals surface area (Å²) in [5, 5.41) is 2.99. The number of hydrogen-bond acceptors (Lipinski definition) is 4. The monoisotopic (exact) mass is 383 g/mol. The van der Waals surface area contributed by atoms with Gasteiger partial charge in [0.15, 0.2) is 0 Å². The number of nitrogens with one attached hydrogen (secondary N) is 1. The van der Waals surface area contributed by atoms with Crippen LogP contribution in [0.2, 0.25) is 0 Å². The number of rotatable bonds is 6. The second kappa shape index (κ2) is 7.73. The molecule has 1 aromatic rings. The van der Waals surface area contributed by atoms with Gasteiger partial charge in [-0.25, -0.2) is 0 Å². The second-order valence-electron chi connectivity index (χ2n) is 7.97. The molecule has 2 fully saturated rings. The Morgan fingerprint density at radius 2 is 1.71 bits per heavy atom. The highest BCUT2D eigenvalue weighted by molar-refractivity contribution is 6.22. The minimum absolute atomic E-state index is 0.0944. The number of carbonyl (C=O) groups excluding carboxylic acids is 4. The Hall–Kier alpha value is -2.70. The lowest BCUT2D eigenvalue weighted by Gasteiger charge is -2.33. The summed E-state index contributed by atoms with van der Waals surface area (Å²) < 4.78 is 0. The molecule has 1 saturated carbocycles. The maximum absolute atomic E-state index is 12.7. The Morgan fingerprint density at radius 3 is 2.36 bits per heavy atom. The summed E-state index contributed by atoms with van der Waals surface area (Å²) in [4.78, 5) is 52.3. The van der Waals surface area contributed by atoms with Crippen molar-refractivity contribution >= 4 is 23.6 Å². The quantitative estimate of drug-likeness (QED) is 0.756. The summed E-state index contributed by atoms with van der Waals surface area (Å²) in [6.07, 6.45) is 5.28. The third-order valence-electron chi connectivity index (χ3n) is 5.77. The van der Waals surface area contributed by atoms with E-state index in [0.29, 0.717) is 36.7 Å². The number of carbonyl (C=O) groups is 4. The molecule has 1 aromatic carbocycles. The number of hydrogen-bond donors (Lipinski definition) is 1. The van der Waals surface area contributed by atoms with Crippen LogP contribution in [0.25, 0.3) is 0 Å². The van der Waals surface area contributed by atoms with Crippen LogP contribution in [0.3, 0.4) is 0 Å². The van der Waals surface area contributed by atoms with Crippen LogP contribution in [0.4, 0.5) is 0 Å². The van der Waals surface area contributed by atoms with Gasteiger partial charge in [0, 0.05) is 25.6 Å². The molecule has 3 aliphatic rings. The van der Waals surface area contributed by atoms with Crippen molar-refractivity contribution in [1.29, 1.82) is 0 Å². The van der Waals surface area contributed by atoms with Crippen LogP contribution in [-0.2, 0) is 9.59 Å². The molecule has 148 valence electrons. The summed E-state index contributed by atoms with van der Waals surface area (Å²) in [6.45, 7) is 0.993. The van der Waals surface area contributed by atoms with Gasteiger partial charge < -0.3 is 10.2 Å². The topological polar surface area (TPSA) is 86.8 Å². The Bertz CT molecular complexity index is 783. The van der Waals surface area contributed by atoms with Gasteiger partial charge >= 0.3 is 0 Å². The van der Waals surface area contributed by atoms with E-state index in [1.807, 2.05) is 0 Å². The molecule has 1 N–H and O–H groups in total. The van der Waals surface area contributed by atoms with E-state index in [1.165, 1.54) is 0 Å². The van der Waals surface area contributed by atoms with Crippen LogP contribution in [0, 0.1) is 5.92 Å². The van der Waals surface area contributed by atoms with Crippen molar-refractivity contribution in [1.82, 2.24) is 15.1 Å². The summed E-state index contributed by atoms with van der Waals surface area (Å²) in [5.41, 5.74) is 0.719. The van der Waals surface area contributed by atoms with Crippen LogP contribution in [0.15, 0.2) is 24.3 Å². The Labute approximate surface area is 164 Å². The molecular formula is C21H25N3O4. The molecule has 0 bridgehead atoms. The van der Waals surface area contributed by atoms with Gasteiger partial charge in [-0.3, -0.25) is 24.1 Å². The number of amides is 4. The molecule has 0 aromatic heterocycles. The smallest absolute Gasteiger partial charge is 0.262 e. The van der Waals surface area contributed by atoms with Crippen LogP contribution in [-0.4, -0.2) is 59.1 Å². The molecule has 0 spiro atoms. The van der Waals surface area contributed by atoms with Crippen LogP contribution in [0.1, 0.15) is 59.2 Å². The highest BCUT2D eigenvalue weighted by Gasteiger charge is 2.37. The fraction of sp³-hybridized carbons (Fsp3) is 0.524. The van der Waals surface area contributed by atoms with E-state index in [4.69, 9.17) is 0 Å². The third-order valence-corrected chi connectivity index (χ3v) is 5.77. The van der Waals surface area contributed by atoms with E-state index < -0.39 is 11.8 Å². The van der Waals surface area contributed by atoms with Crippen molar-refractivity contribution in [3.63, 3.8) is 0 Å². The van der Waals surface area contributed by atoms with Crippen molar-refractivity contribution < 1.29 is 19.2 Å². The van der Waals surface area contributed by atoms with Crippen LogP contribution in [0.5, 0.6) is 0 Å². The lowest BCUT2D eigenvalue weighted by molar-refractivity contribution is -0.133. The molecule has 2 aliphatic heterocycles. The van der Waals surface area contributed by atoms with Gasteiger partial charge in [-0.05, 0) is 50.2 Å². The molecule has 0 radical (unpaired) electrons. The molecular weight excluding hydrogens is 358 g/mol. The lowest BCUT2D eigenvalue weighted by Crippen LogP contribution is -2.46. The maximum Gasteiger partial charge on any atom is 0.262 e. The second-order valence-corrected chi connectivity index (χ2v) is 7.97. The number of likely N-dealkylation sites (tertiary alicyclic amines) is 1. The zero-order valence-corrected chi connectivity index (χ0v) is 15.9. The first-order valence-corrected chi connectivity index (χ1v) is 10.1. The molecule has 4 amide bonds.